The third-order valence-corrected chi connectivity index (χ3v) is 6.94. The van der Waals surface area contributed by atoms with Gasteiger partial charge in [-0.05, 0) is 62.2 Å². The zero-order valence-electron chi connectivity index (χ0n) is 13.3. The number of carbonyl (C=O) groups excluding carboxylic acids is 2. The molecule has 6 atom stereocenters. The van der Waals surface area contributed by atoms with Crippen LogP contribution in [0.15, 0.2) is 0 Å². The van der Waals surface area contributed by atoms with Crippen molar-refractivity contribution in [1.82, 2.24) is 0 Å². The van der Waals surface area contributed by atoms with Crippen molar-refractivity contribution in [1.29, 1.82) is 0 Å². The fourth-order valence-corrected chi connectivity index (χ4v) is 5.97. The summed E-state index contributed by atoms with van der Waals surface area (Å²) < 4.78 is 0. The highest BCUT2D eigenvalue weighted by Crippen LogP contribution is 2.61. The molecule has 0 aliphatic heterocycles. The first-order valence-electron chi connectivity index (χ1n) is 8.61. The van der Waals surface area contributed by atoms with Gasteiger partial charge in [0.15, 0.2) is 0 Å². The number of rotatable bonds is 3. The van der Waals surface area contributed by atoms with Crippen LogP contribution in [0.2, 0.25) is 0 Å². The Hall–Kier alpha value is -0.700. The molecule has 118 valence electrons. The topological polar surface area (TPSA) is 54.4 Å². The van der Waals surface area contributed by atoms with Gasteiger partial charge in [-0.1, -0.05) is 13.3 Å². The van der Waals surface area contributed by atoms with Crippen molar-refractivity contribution < 1.29 is 14.7 Å². The Morgan fingerprint density at radius 3 is 2.71 bits per heavy atom. The summed E-state index contributed by atoms with van der Waals surface area (Å²) in [7, 11) is 0. The van der Waals surface area contributed by atoms with Gasteiger partial charge in [-0.15, -0.1) is 0 Å². The summed E-state index contributed by atoms with van der Waals surface area (Å²) in [6.07, 6.45) is 6.79. The molecule has 1 N–H and O–H groups in total. The summed E-state index contributed by atoms with van der Waals surface area (Å²) >= 11 is 0. The molecule has 3 saturated carbocycles. The summed E-state index contributed by atoms with van der Waals surface area (Å²) in [4.78, 5) is 24.7. The second kappa shape index (κ2) is 5.49. The highest BCUT2D eigenvalue weighted by atomic mass is 16.3. The van der Waals surface area contributed by atoms with Gasteiger partial charge in [-0.25, -0.2) is 0 Å². The minimum absolute atomic E-state index is 0.0755. The summed E-state index contributed by atoms with van der Waals surface area (Å²) in [6, 6.07) is 0. The number of fused-ring (bicyclic) bond motifs is 3. The van der Waals surface area contributed by atoms with Crippen LogP contribution in [0, 0.1) is 35.0 Å². The van der Waals surface area contributed by atoms with Crippen LogP contribution in [-0.2, 0) is 9.59 Å². The third-order valence-electron chi connectivity index (χ3n) is 6.94. The normalized spacial score (nSPS) is 46.0. The Kier molecular flexibility index (Phi) is 3.98. The van der Waals surface area contributed by atoms with E-state index in [0.29, 0.717) is 30.0 Å². The smallest absolute Gasteiger partial charge is 0.136 e. The Labute approximate surface area is 127 Å². The van der Waals surface area contributed by atoms with Gasteiger partial charge in [0.1, 0.15) is 11.6 Å². The zero-order valence-corrected chi connectivity index (χ0v) is 13.3. The molecule has 0 heterocycles. The van der Waals surface area contributed by atoms with Gasteiger partial charge in [0.2, 0.25) is 0 Å². The van der Waals surface area contributed by atoms with E-state index in [1.54, 1.807) is 6.92 Å². The van der Waals surface area contributed by atoms with E-state index in [9.17, 15) is 9.59 Å². The molecule has 3 nitrogen and oxygen atoms in total. The molecule has 3 fully saturated rings. The Morgan fingerprint density at radius 2 is 2.05 bits per heavy atom. The van der Waals surface area contributed by atoms with E-state index in [2.05, 4.69) is 6.92 Å². The van der Waals surface area contributed by atoms with Crippen LogP contribution in [0.4, 0.5) is 0 Å². The first kappa shape index (κ1) is 15.2. The van der Waals surface area contributed by atoms with Gasteiger partial charge in [-0.2, -0.15) is 0 Å². The summed E-state index contributed by atoms with van der Waals surface area (Å²) in [5, 5.41) is 9.15. The standard InChI is InChI=1S/C18H28O3/c1-11(20)15-5-6-16-13-4-3-12(7-8-19)9-14(13)17(21)10-18(15,16)2/h12-16,19H,3-10H2,1-2H3/t12-,13+,14+,15+,16-,18+/m0/s1. The summed E-state index contributed by atoms with van der Waals surface area (Å²) in [6.45, 7) is 4.14. The van der Waals surface area contributed by atoms with Crippen molar-refractivity contribution >= 4 is 11.6 Å². The van der Waals surface area contributed by atoms with Crippen LogP contribution in [0.5, 0.6) is 0 Å². The first-order chi connectivity index (χ1) is 9.97. The van der Waals surface area contributed by atoms with E-state index >= 15 is 0 Å². The van der Waals surface area contributed by atoms with Gasteiger partial charge < -0.3 is 5.11 Å². The van der Waals surface area contributed by atoms with Gasteiger partial charge >= 0.3 is 0 Å². The number of Topliss-reactive ketones (excluding diaryl/α,β-unsaturated/α-hetero) is 2. The second-order valence-corrected chi connectivity index (χ2v) is 7.96. The number of ketones is 2. The molecule has 3 aliphatic rings. The van der Waals surface area contributed by atoms with Gasteiger partial charge in [0, 0.05) is 24.9 Å². The molecule has 3 heteroatoms. The molecule has 0 aromatic heterocycles. The molecule has 0 radical (unpaired) electrons. The maximum atomic E-state index is 12.7. The van der Waals surface area contributed by atoms with Crippen LogP contribution < -0.4 is 0 Å². The molecule has 0 spiro atoms. The van der Waals surface area contributed by atoms with Gasteiger partial charge in [0.05, 0.1) is 0 Å². The minimum Gasteiger partial charge on any atom is -0.396 e. The summed E-state index contributed by atoms with van der Waals surface area (Å²) in [5.41, 5.74) is -0.0755. The minimum atomic E-state index is -0.0755. The summed E-state index contributed by atoms with van der Waals surface area (Å²) in [5.74, 6) is 2.56. The van der Waals surface area contributed by atoms with E-state index in [0.717, 1.165) is 38.5 Å². The molecule has 0 saturated heterocycles. The Balaban J connectivity index is 1.82. The van der Waals surface area contributed by atoms with Crippen LogP contribution in [0.1, 0.15) is 58.8 Å². The monoisotopic (exact) mass is 292 g/mol. The van der Waals surface area contributed by atoms with E-state index in [4.69, 9.17) is 5.11 Å². The van der Waals surface area contributed by atoms with Crippen molar-refractivity contribution in [3.8, 4) is 0 Å². The first-order valence-corrected chi connectivity index (χ1v) is 8.61. The SMILES string of the molecule is CC(=O)[C@H]1CC[C@H]2[C@@H]3CC[C@@H](CCO)C[C@H]3C(=O)C[C@]12C. The highest BCUT2D eigenvalue weighted by molar-refractivity contribution is 5.86. The van der Waals surface area contributed by atoms with Crippen molar-refractivity contribution in [2.24, 2.45) is 35.0 Å². The molecule has 3 rings (SSSR count). The maximum Gasteiger partial charge on any atom is 0.136 e. The molecule has 21 heavy (non-hydrogen) atoms. The van der Waals surface area contributed by atoms with Crippen molar-refractivity contribution in [3.05, 3.63) is 0 Å². The van der Waals surface area contributed by atoms with E-state index in [-0.39, 0.29) is 29.6 Å². The lowest BCUT2D eigenvalue weighted by Crippen LogP contribution is -2.49. The van der Waals surface area contributed by atoms with Crippen LogP contribution in [0.3, 0.4) is 0 Å². The van der Waals surface area contributed by atoms with Crippen LogP contribution in [0.25, 0.3) is 0 Å². The predicted octanol–water partition coefficient (Wildman–Crippen LogP) is 3.00. The fraction of sp³-hybridized carbons (Fsp3) is 0.889. The number of hydrogen-bond donors (Lipinski definition) is 1. The molecular formula is C18H28O3. The molecule has 3 aliphatic carbocycles. The van der Waals surface area contributed by atoms with Gasteiger partial charge in [-0.3, -0.25) is 9.59 Å². The highest BCUT2D eigenvalue weighted by Gasteiger charge is 2.58. The fourth-order valence-electron chi connectivity index (χ4n) is 5.97. The van der Waals surface area contributed by atoms with Crippen LogP contribution >= 0.6 is 0 Å². The molecule has 0 aromatic rings. The average Bonchev–Trinajstić information content (AvgIpc) is 2.76. The van der Waals surface area contributed by atoms with Crippen molar-refractivity contribution in [2.75, 3.05) is 6.61 Å². The Morgan fingerprint density at radius 1 is 1.29 bits per heavy atom. The van der Waals surface area contributed by atoms with Crippen molar-refractivity contribution in [2.45, 2.75) is 58.8 Å². The lowest BCUT2D eigenvalue weighted by Gasteiger charge is -2.50. The predicted molar refractivity (Wildman–Crippen MR) is 80.6 cm³/mol. The lowest BCUT2D eigenvalue weighted by molar-refractivity contribution is -0.142. The molecular weight excluding hydrogens is 264 g/mol. The quantitative estimate of drug-likeness (QED) is 0.870. The zero-order chi connectivity index (χ0) is 15.2. The lowest BCUT2D eigenvalue weighted by atomic mass is 9.53. The largest absolute Gasteiger partial charge is 0.396 e. The number of carbonyl (C=O) groups is 2. The van der Waals surface area contributed by atoms with E-state index in [1.807, 2.05) is 0 Å². The number of hydrogen-bond acceptors (Lipinski definition) is 3. The van der Waals surface area contributed by atoms with Gasteiger partial charge in [0.25, 0.3) is 0 Å². The van der Waals surface area contributed by atoms with Crippen molar-refractivity contribution in [3.63, 3.8) is 0 Å². The second-order valence-electron chi connectivity index (χ2n) is 7.96. The number of aliphatic hydroxyl groups excluding tert-OH is 1. The third kappa shape index (κ3) is 2.38. The van der Waals surface area contributed by atoms with E-state index < -0.39 is 0 Å². The average molecular weight is 292 g/mol. The molecule has 0 unspecified atom stereocenters. The number of aliphatic hydroxyl groups is 1. The molecule has 0 aromatic carbocycles. The Bertz CT molecular complexity index is 444. The van der Waals surface area contributed by atoms with E-state index in [1.165, 1.54) is 0 Å². The molecule has 0 bridgehead atoms. The maximum absolute atomic E-state index is 12.7. The molecule has 0 amide bonds. The van der Waals surface area contributed by atoms with Crippen LogP contribution in [-0.4, -0.2) is 23.3 Å².